The molecular formula is C16H16ClF2NO. The number of ether oxygens (including phenoxy) is 1. The predicted octanol–water partition coefficient (Wildman–Crippen LogP) is 4.54. The maximum absolute atomic E-state index is 12.0. The molecule has 112 valence electrons. The number of benzene rings is 2. The Kier molecular flexibility index (Phi) is 5.53. The third-order valence-electron chi connectivity index (χ3n) is 3.04. The number of rotatable bonds is 6. The zero-order valence-electron chi connectivity index (χ0n) is 11.6. The van der Waals surface area contributed by atoms with E-state index in [2.05, 4.69) is 10.1 Å². The van der Waals surface area contributed by atoms with E-state index in [4.69, 9.17) is 11.6 Å². The van der Waals surface area contributed by atoms with E-state index in [1.165, 1.54) is 12.1 Å². The maximum Gasteiger partial charge on any atom is 0.387 e. The number of nitrogens with one attached hydrogen (secondary N) is 1. The van der Waals surface area contributed by atoms with Gasteiger partial charge < -0.3 is 10.1 Å². The Hall–Kier alpha value is -1.65. The summed E-state index contributed by atoms with van der Waals surface area (Å²) in [5.74, 6) is 0.166. The summed E-state index contributed by atoms with van der Waals surface area (Å²) in [5.41, 5.74) is 3.15. The topological polar surface area (TPSA) is 21.3 Å². The lowest BCUT2D eigenvalue weighted by Crippen LogP contribution is -2.12. The number of alkyl halides is 2. The minimum Gasteiger partial charge on any atom is -0.435 e. The molecule has 2 aromatic carbocycles. The molecule has 2 aromatic rings. The summed E-state index contributed by atoms with van der Waals surface area (Å²) in [6.07, 6.45) is 0. The van der Waals surface area contributed by atoms with Crippen LogP contribution in [-0.4, -0.2) is 6.61 Å². The van der Waals surface area contributed by atoms with E-state index in [1.807, 2.05) is 25.1 Å². The molecule has 0 unspecified atom stereocenters. The zero-order valence-corrected chi connectivity index (χ0v) is 12.3. The van der Waals surface area contributed by atoms with Crippen LogP contribution in [0.5, 0.6) is 5.75 Å². The highest BCUT2D eigenvalue weighted by atomic mass is 35.5. The molecule has 0 radical (unpaired) electrons. The Balaban J connectivity index is 1.84. The molecule has 2 nitrogen and oxygen atoms in total. The molecule has 0 aliphatic rings. The molecule has 0 saturated carbocycles. The average Bonchev–Trinajstić information content (AvgIpc) is 2.44. The molecular weight excluding hydrogens is 296 g/mol. The molecule has 1 N–H and O–H groups in total. The van der Waals surface area contributed by atoms with Gasteiger partial charge in [-0.15, -0.1) is 0 Å². The van der Waals surface area contributed by atoms with Gasteiger partial charge in [-0.25, -0.2) is 0 Å². The van der Waals surface area contributed by atoms with Crippen molar-refractivity contribution < 1.29 is 13.5 Å². The van der Waals surface area contributed by atoms with Crippen LogP contribution in [0.4, 0.5) is 8.78 Å². The fourth-order valence-electron chi connectivity index (χ4n) is 1.89. The number of hydrogen-bond donors (Lipinski definition) is 1. The normalized spacial score (nSPS) is 10.9. The van der Waals surface area contributed by atoms with Crippen LogP contribution >= 0.6 is 11.6 Å². The molecule has 0 saturated heterocycles. The highest BCUT2D eigenvalue weighted by molar-refractivity contribution is 6.31. The summed E-state index contributed by atoms with van der Waals surface area (Å²) < 4.78 is 28.4. The SMILES string of the molecule is Cc1ccc(CNCc2ccc(OC(F)F)cc2)cc1Cl. The summed E-state index contributed by atoms with van der Waals surface area (Å²) >= 11 is 6.07. The second-order valence-electron chi connectivity index (χ2n) is 4.71. The maximum atomic E-state index is 12.0. The fourth-order valence-corrected chi connectivity index (χ4v) is 2.09. The van der Waals surface area contributed by atoms with E-state index in [1.54, 1.807) is 12.1 Å². The van der Waals surface area contributed by atoms with Gasteiger partial charge in [-0.1, -0.05) is 35.9 Å². The van der Waals surface area contributed by atoms with Crippen molar-refractivity contribution in [1.29, 1.82) is 0 Å². The molecule has 0 amide bonds. The Labute approximate surface area is 127 Å². The van der Waals surface area contributed by atoms with Gasteiger partial charge in [0, 0.05) is 18.1 Å². The minimum absolute atomic E-state index is 0.166. The summed E-state index contributed by atoms with van der Waals surface area (Å²) in [6.45, 7) is 0.499. The van der Waals surface area contributed by atoms with E-state index in [0.29, 0.717) is 13.1 Å². The second-order valence-corrected chi connectivity index (χ2v) is 5.12. The quantitative estimate of drug-likeness (QED) is 0.845. The molecule has 0 bridgehead atoms. The molecule has 21 heavy (non-hydrogen) atoms. The van der Waals surface area contributed by atoms with Gasteiger partial charge in [-0.05, 0) is 41.8 Å². The van der Waals surface area contributed by atoms with Gasteiger partial charge in [0.2, 0.25) is 0 Å². The van der Waals surface area contributed by atoms with Crippen LogP contribution in [0, 0.1) is 6.92 Å². The molecule has 0 aromatic heterocycles. The molecule has 0 aliphatic heterocycles. The number of halogens is 3. The first-order valence-electron chi connectivity index (χ1n) is 6.54. The van der Waals surface area contributed by atoms with Crippen LogP contribution in [0.1, 0.15) is 16.7 Å². The van der Waals surface area contributed by atoms with Crippen LogP contribution in [-0.2, 0) is 13.1 Å². The lowest BCUT2D eigenvalue weighted by atomic mass is 10.1. The van der Waals surface area contributed by atoms with Crippen molar-refractivity contribution in [3.05, 3.63) is 64.2 Å². The van der Waals surface area contributed by atoms with Crippen molar-refractivity contribution in [1.82, 2.24) is 5.32 Å². The van der Waals surface area contributed by atoms with Gasteiger partial charge in [0.25, 0.3) is 0 Å². The van der Waals surface area contributed by atoms with E-state index < -0.39 is 6.61 Å². The molecule has 2 rings (SSSR count). The van der Waals surface area contributed by atoms with Crippen molar-refractivity contribution in [2.24, 2.45) is 0 Å². The van der Waals surface area contributed by atoms with Gasteiger partial charge in [0.1, 0.15) is 5.75 Å². The molecule has 5 heteroatoms. The van der Waals surface area contributed by atoms with Crippen LogP contribution < -0.4 is 10.1 Å². The lowest BCUT2D eigenvalue weighted by molar-refractivity contribution is -0.0498. The summed E-state index contributed by atoms with van der Waals surface area (Å²) in [5, 5.41) is 4.03. The monoisotopic (exact) mass is 311 g/mol. The summed E-state index contributed by atoms with van der Waals surface area (Å²) in [7, 11) is 0. The molecule has 0 fully saturated rings. The summed E-state index contributed by atoms with van der Waals surface area (Å²) in [4.78, 5) is 0. The van der Waals surface area contributed by atoms with Gasteiger partial charge in [-0.2, -0.15) is 8.78 Å². The van der Waals surface area contributed by atoms with Crippen LogP contribution in [0.25, 0.3) is 0 Å². The van der Waals surface area contributed by atoms with Gasteiger partial charge >= 0.3 is 6.61 Å². The Morgan fingerprint density at radius 3 is 2.29 bits per heavy atom. The van der Waals surface area contributed by atoms with Crippen LogP contribution in [0.15, 0.2) is 42.5 Å². The molecule has 0 aliphatic carbocycles. The second kappa shape index (κ2) is 7.38. The lowest BCUT2D eigenvalue weighted by Gasteiger charge is -2.08. The average molecular weight is 312 g/mol. The van der Waals surface area contributed by atoms with Crippen molar-refractivity contribution in [2.45, 2.75) is 26.6 Å². The van der Waals surface area contributed by atoms with Crippen molar-refractivity contribution in [3.63, 3.8) is 0 Å². The van der Waals surface area contributed by atoms with Gasteiger partial charge in [0.15, 0.2) is 0 Å². The highest BCUT2D eigenvalue weighted by Crippen LogP contribution is 2.17. The Bertz CT molecular complexity index is 587. The Morgan fingerprint density at radius 1 is 1.05 bits per heavy atom. The first kappa shape index (κ1) is 15.7. The van der Waals surface area contributed by atoms with E-state index >= 15 is 0 Å². The molecule has 0 spiro atoms. The predicted molar refractivity (Wildman–Crippen MR) is 79.8 cm³/mol. The van der Waals surface area contributed by atoms with Crippen molar-refractivity contribution in [3.8, 4) is 5.75 Å². The van der Waals surface area contributed by atoms with Crippen molar-refractivity contribution in [2.75, 3.05) is 0 Å². The fraction of sp³-hybridized carbons (Fsp3) is 0.250. The third-order valence-corrected chi connectivity index (χ3v) is 3.45. The van der Waals surface area contributed by atoms with Crippen LogP contribution in [0.3, 0.4) is 0 Å². The Morgan fingerprint density at radius 2 is 1.67 bits per heavy atom. The third kappa shape index (κ3) is 4.99. The minimum atomic E-state index is -2.79. The van der Waals surface area contributed by atoms with E-state index in [-0.39, 0.29) is 5.75 Å². The zero-order chi connectivity index (χ0) is 15.2. The number of aryl methyl sites for hydroxylation is 1. The standard InChI is InChI=1S/C16H16ClF2NO/c1-11-2-3-13(8-15(11)17)10-20-9-12-4-6-14(7-5-12)21-16(18)19/h2-8,16,20H,9-10H2,1H3. The van der Waals surface area contributed by atoms with E-state index in [0.717, 1.165) is 21.7 Å². The van der Waals surface area contributed by atoms with Gasteiger partial charge in [0.05, 0.1) is 0 Å². The highest BCUT2D eigenvalue weighted by Gasteiger charge is 2.03. The van der Waals surface area contributed by atoms with Gasteiger partial charge in [-0.3, -0.25) is 0 Å². The summed E-state index contributed by atoms with van der Waals surface area (Å²) in [6, 6.07) is 12.5. The van der Waals surface area contributed by atoms with Crippen molar-refractivity contribution >= 4 is 11.6 Å². The smallest absolute Gasteiger partial charge is 0.387 e. The first-order valence-corrected chi connectivity index (χ1v) is 6.92. The van der Waals surface area contributed by atoms with E-state index in [9.17, 15) is 8.78 Å². The molecule has 0 heterocycles. The number of hydrogen-bond acceptors (Lipinski definition) is 2. The molecule has 0 atom stereocenters. The van der Waals surface area contributed by atoms with Crippen LogP contribution in [0.2, 0.25) is 5.02 Å². The largest absolute Gasteiger partial charge is 0.435 e. The first-order chi connectivity index (χ1) is 10.0.